The van der Waals surface area contributed by atoms with Gasteiger partial charge in [0.1, 0.15) is 5.75 Å². The van der Waals surface area contributed by atoms with Crippen LogP contribution in [0.1, 0.15) is 18.5 Å². The van der Waals surface area contributed by atoms with Crippen molar-refractivity contribution in [3.63, 3.8) is 0 Å². The van der Waals surface area contributed by atoms with Crippen LogP contribution in [0.25, 0.3) is 0 Å². The molecule has 0 bridgehead atoms. The average Bonchev–Trinajstić information content (AvgIpc) is 2.42. The molecule has 2 nitrogen and oxygen atoms in total. The maximum Gasteiger partial charge on any atom is 0.387 e. The number of rotatable bonds is 5. The van der Waals surface area contributed by atoms with Gasteiger partial charge in [0.15, 0.2) is 0 Å². The van der Waals surface area contributed by atoms with Crippen LogP contribution in [0.15, 0.2) is 51.4 Å². The summed E-state index contributed by atoms with van der Waals surface area (Å²) >= 11 is 6.89. The van der Waals surface area contributed by atoms with Crippen molar-refractivity contribution in [2.75, 3.05) is 5.32 Å². The third kappa shape index (κ3) is 4.68. The van der Waals surface area contributed by atoms with Crippen molar-refractivity contribution in [2.45, 2.75) is 19.6 Å². The van der Waals surface area contributed by atoms with Gasteiger partial charge in [0.05, 0.1) is 0 Å². The molecule has 1 atom stereocenters. The fraction of sp³-hybridized carbons (Fsp3) is 0.200. The Morgan fingerprint density at radius 3 is 2.29 bits per heavy atom. The summed E-state index contributed by atoms with van der Waals surface area (Å²) in [5.74, 6) is 0.158. The second-order valence-electron chi connectivity index (χ2n) is 4.44. The van der Waals surface area contributed by atoms with Gasteiger partial charge in [-0.2, -0.15) is 8.78 Å². The minimum Gasteiger partial charge on any atom is -0.435 e. The lowest BCUT2D eigenvalue weighted by Crippen LogP contribution is -2.07. The van der Waals surface area contributed by atoms with E-state index in [1.54, 1.807) is 12.1 Å². The SMILES string of the molecule is CC(Nc1ccc(Br)cc1Br)c1ccc(OC(F)F)cc1. The highest BCUT2D eigenvalue weighted by Gasteiger charge is 2.09. The average molecular weight is 421 g/mol. The van der Waals surface area contributed by atoms with E-state index >= 15 is 0 Å². The van der Waals surface area contributed by atoms with E-state index in [0.29, 0.717) is 0 Å². The molecule has 1 N–H and O–H groups in total. The number of anilines is 1. The summed E-state index contributed by atoms with van der Waals surface area (Å²) in [7, 11) is 0. The van der Waals surface area contributed by atoms with Crippen molar-refractivity contribution in [1.82, 2.24) is 0 Å². The first-order valence-corrected chi connectivity index (χ1v) is 7.80. The van der Waals surface area contributed by atoms with Crippen LogP contribution in [-0.2, 0) is 0 Å². The van der Waals surface area contributed by atoms with Crippen LogP contribution in [0.2, 0.25) is 0 Å². The quantitative estimate of drug-likeness (QED) is 0.641. The summed E-state index contributed by atoms with van der Waals surface area (Å²) in [6, 6.07) is 12.5. The van der Waals surface area contributed by atoms with Crippen molar-refractivity contribution in [3.05, 3.63) is 57.0 Å². The largest absolute Gasteiger partial charge is 0.435 e. The Hall–Kier alpha value is -1.14. The van der Waals surface area contributed by atoms with Gasteiger partial charge >= 0.3 is 6.61 Å². The second-order valence-corrected chi connectivity index (χ2v) is 6.21. The Morgan fingerprint density at radius 1 is 1.05 bits per heavy atom. The van der Waals surface area contributed by atoms with Crippen LogP contribution < -0.4 is 10.1 Å². The van der Waals surface area contributed by atoms with Gasteiger partial charge < -0.3 is 10.1 Å². The Morgan fingerprint density at radius 2 is 1.71 bits per heavy atom. The summed E-state index contributed by atoms with van der Waals surface area (Å²) in [6.45, 7) is -0.803. The van der Waals surface area contributed by atoms with E-state index in [1.165, 1.54) is 12.1 Å². The van der Waals surface area contributed by atoms with Gasteiger partial charge in [-0.3, -0.25) is 0 Å². The summed E-state index contributed by atoms with van der Waals surface area (Å²) in [4.78, 5) is 0. The fourth-order valence-electron chi connectivity index (χ4n) is 1.86. The highest BCUT2D eigenvalue weighted by Crippen LogP contribution is 2.29. The first-order valence-electron chi connectivity index (χ1n) is 6.22. The van der Waals surface area contributed by atoms with Gasteiger partial charge in [0.25, 0.3) is 0 Å². The predicted molar refractivity (Wildman–Crippen MR) is 87.0 cm³/mol. The number of hydrogen-bond acceptors (Lipinski definition) is 2. The normalized spacial score (nSPS) is 12.3. The molecular weight excluding hydrogens is 408 g/mol. The van der Waals surface area contributed by atoms with E-state index in [1.807, 2.05) is 25.1 Å². The molecule has 2 aromatic rings. The fourth-order valence-corrected chi connectivity index (χ4v) is 3.02. The number of alkyl halides is 2. The summed E-state index contributed by atoms with van der Waals surface area (Å²) in [6.07, 6.45) is 0. The van der Waals surface area contributed by atoms with E-state index in [9.17, 15) is 8.78 Å². The van der Waals surface area contributed by atoms with Gasteiger partial charge in [0.2, 0.25) is 0 Å². The molecule has 0 heterocycles. The topological polar surface area (TPSA) is 21.3 Å². The third-order valence-corrected chi connectivity index (χ3v) is 4.06. The van der Waals surface area contributed by atoms with E-state index < -0.39 is 6.61 Å². The minimum atomic E-state index is -2.80. The molecule has 0 radical (unpaired) electrons. The van der Waals surface area contributed by atoms with Crippen LogP contribution in [-0.4, -0.2) is 6.61 Å². The molecule has 21 heavy (non-hydrogen) atoms. The number of halogens is 4. The highest BCUT2D eigenvalue weighted by atomic mass is 79.9. The smallest absolute Gasteiger partial charge is 0.387 e. The molecule has 2 aromatic carbocycles. The summed E-state index contributed by atoms with van der Waals surface area (Å²) < 4.78 is 30.5. The zero-order chi connectivity index (χ0) is 15.4. The van der Waals surface area contributed by atoms with Crippen LogP contribution in [0.3, 0.4) is 0 Å². The van der Waals surface area contributed by atoms with Gasteiger partial charge in [-0.1, -0.05) is 28.1 Å². The number of ether oxygens (including phenoxy) is 1. The maximum atomic E-state index is 12.1. The molecule has 112 valence electrons. The van der Waals surface area contributed by atoms with Gasteiger partial charge in [-0.05, 0) is 58.7 Å². The molecule has 0 aliphatic carbocycles. The molecule has 0 spiro atoms. The highest BCUT2D eigenvalue weighted by molar-refractivity contribution is 9.11. The lowest BCUT2D eigenvalue weighted by Gasteiger charge is -2.17. The van der Waals surface area contributed by atoms with Crippen LogP contribution in [0, 0.1) is 0 Å². The standard InChI is InChI=1S/C15H13Br2F2NO/c1-9(20-14-7-4-11(16)8-13(14)17)10-2-5-12(6-3-10)21-15(18)19/h2-9,15,20H,1H3. The molecule has 0 aliphatic rings. The van der Waals surface area contributed by atoms with E-state index in [4.69, 9.17) is 0 Å². The van der Waals surface area contributed by atoms with Crippen LogP contribution in [0.5, 0.6) is 5.75 Å². The van der Waals surface area contributed by atoms with E-state index in [0.717, 1.165) is 20.2 Å². The van der Waals surface area contributed by atoms with Crippen molar-refractivity contribution >= 4 is 37.5 Å². The number of benzene rings is 2. The maximum absolute atomic E-state index is 12.1. The Bertz CT molecular complexity index is 605. The monoisotopic (exact) mass is 419 g/mol. The molecule has 0 aromatic heterocycles. The molecule has 6 heteroatoms. The van der Waals surface area contributed by atoms with E-state index in [-0.39, 0.29) is 11.8 Å². The van der Waals surface area contributed by atoms with Crippen molar-refractivity contribution in [3.8, 4) is 5.75 Å². The zero-order valence-electron chi connectivity index (χ0n) is 11.1. The van der Waals surface area contributed by atoms with Crippen molar-refractivity contribution in [1.29, 1.82) is 0 Å². The van der Waals surface area contributed by atoms with Crippen LogP contribution in [0.4, 0.5) is 14.5 Å². The molecule has 0 fully saturated rings. The van der Waals surface area contributed by atoms with Crippen LogP contribution >= 0.6 is 31.9 Å². The minimum absolute atomic E-state index is 0.0306. The molecule has 0 saturated heterocycles. The molecule has 0 amide bonds. The Balaban J connectivity index is 2.07. The molecule has 1 unspecified atom stereocenters. The summed E-state index contributed by atoms with van der Waals surface area (Å²) in [5, 5.41) is 3.36. The number of hydrogen-bond donors (Lipinski definition) is 1. The Labute approximate surface area is 138 Å². The van der Waals surface area contributed by atoms with Gasteiger partial charge in [0, 0.05) is 20.7 Å². The van der Waals surface area contributed by atoms with E-state index in [2.05, 4.69) is 41.9 Å². The second kappa shape index (κ2) is 7.22. The first kappa shape index (κ1) is 16.2. The van der Waals surface area contributed by atoms with Crippen molar-refractivity contribution in [2.24, 2.45) is 0 Å². The van der Waals surface area contributed by atoms with Gasteiger partial charge in [-0.15, -0.1) is 0 Å². The summed E-state index contributed by atoms with van der Waals surface area (Å²) in [5.41, 5.74) is 1.94. The molecule has 2 rings (SSSR count). The third-order valence-electron chi connectivity index (χ3n) is 2.91. The van der Waals surface area contributed by atoms with Gasteiger partial charge in [-0.25, -0.2) is 0 Å². The predicted octanol–water partition coefficient (Wildman–Crippen LogP) is 5.99. The molecule has 0 saturated carbocycles. The molecule has 0 aliphatic heterocycles. The lowest BCUT2D eigenvalue weighted by molar-refractivity contribution is -0.0498. The lowest BCUT2D eigenvalue weighted by atomic mass is 10.1. The first-order chi connectivity index (χ1) is 9.95. The Kier molecular flexibility index (Phi) is 5.58. The number of nitrogens with one attached hydrogen (secondary N) is 1. The zero-order valence-corrected chi connectivity index (χ0v) is 14.3. The molecular formula is C15H13Br2F2NO. The van der Waals surface area contributed by atoms with Crippen molar-refractivity contribution < 1.29 is 13.5 Å².